The third-order valence-electron chi connectivity index (χ3n) is 2.50. The summed E-state index contributed by atoms with van der Waals surface area (Å²) >= 11 is 6.07. The Kier molecular flexibility index (Phi) is 6.82. The minimum absolute atomic E-state index is 0.384. The lowest BCUT2D eigenvalue weighted by atomic mass is 10.1. The Morgan fingerprint density at radius 2 is 1.90 bits per heavy atom. The second kappa shape index (κ2) is 8.12. The Morgan fingerprint density at radius 1 is 1.20 bits per heavy atom. The van der Waals surface area contributed by atoms with Gasteiger partial charge in [-0.25, -0.2) is 4.79 Å². The fraction of sp³-hybridized carbons (Fsp3) is 0.533. The number of halogens is 1. The smallest absolute Gasteiger partial charge is 0.407 e. The van der Waals surface area contributed by atoms with E-state index in [2.05, 4.69) is 10.6 Å². The molecule has 0 aromatic heterocycles. The quantitative estimate of drug-likeness (QED) is 0.794. The van der Waals surface area contributed by atoms with E-state index in [0.29, 0.717) is 13.1 Å². The van der Waals surface area contributed by atoms with Crippen LogP contribution in [0.1, 0.15) is 26.3 Å². The van der Waals surface area contributed by atoms with Gasteiger partial charge in [-0.1, -0.05) is 29.8 Å². The molecule has 0 aliphatic carbocycles. The lowest BCUT2D eigenvalue weighted by molar-refractivity contribution is 0.0528. The van der Waals surface area contributed by atoms with Crippen LogP contribution in [-0.2, 0) is 11.2 Å². The van der Waals surface area contributed by atoms with Crippen molar-refractivity contribution in [1.82, 2.24) is 10.6 Å². The molecule has 5 heteroatoms. The van der Waals surface area contributed by atoms with E-state index in [1.807, 2.05) is 45.0 Å². The molecule has 0 unspecified atom stereocenters. The third kappa shape index (κ3) is 7.36. The Labute approximate surface area is 125 Å². The molecular weight excluding hydrogens is 276 g/mol. The summed E-state index contributed by atoms with van der Waals surface area (Å²) in [7, 11) is 0. The van der Waals surface area contributed by atoms with Gasteiger partial charge in [0.05, 0.1) is 0 Å². The van der Waals surface area contributed by atoms with Crippen molar-refractivity contribution in [1.29, 1.82) is 0 Å². The fourth-order valence-corrected chi connectivity index (χ4v) is 1.85. The lowest BCUT2D eigenvalue weighted by Gasteiger charge is -2.19. The number of benzene rings is 1. The molecule has 0 atom stereocenters. The molecule has 20 heavy (non-hydrogen) atoms. The molecular formula is C15H23ClN2O2. The summed E-state index contributed by atoms with van der Waals surface area (Å²) in [5.41, 5.74) is 0.670. The molecule has 0 aliphatic heterocycles. The third-order valence-corrected chi connectivity index (χ3v) is 2.87. The highest BCUT2D eigenvalue weighted by Crippen LogP contribution is 2.14. The zero-order chi connectivity index (χ0) is 15.0. The van der Waals surface area contributed by atoms with Crippen LogP contribution in [0.3, 0.4) is 0 Å². The van der Waals surface area contributed by atoms with Gasteiger partial charge in [-0.15, -0.1) is 0 Å². The molecule has 1 aromatic carbocycles. The van der Waals surface area contributed by atoms with Crippen molar-refractivity contribution in [3.63, 3.8) is 0 Å². The van der Waals surface area contributed by atoms with E-state index in [1.165, 1.54) is 0 Å². The molecule has 0 saturated heterocycles. The van der Waals surface area contributed by atoms with Crippen molar-refractivity contribution < 1.29 is 9.53 Å². The van der Waals surface area contributed by atoms with Gasteiger partial charge in [-0.05, 0) is 45.4 Å². The summed E-state index contributed by atoms with van der Waals surface area (Å²) in [5.74, 6) is 0. The van der Waals surface area contributed by atoms with E-state index < -0.39 is 5.60 Å². The van der Waals surface area contributed by atoms with Gasteiger partial charge in [0.1, 0.15) is 5.60 Å². The molecule has 0 heterocycles. The number of hydrogen-bond donors (Lipinski definition) is 2. The lowest BCUT2D eigenvalue weighted by Crippen LogP contribution is -2.36. The molecule has 112 valence electrons. The highest BCUT2D eigenvalue weighted by Gasteiger charge is 2.15. The summed E-state index contributed by atoms with van der Waals surface area (Å²) in [6.07, 6.45) is 0.483. The van der Waals surface area contributed by atoms with Crippen LogP contribution in [0.5, 0.6) is 0 Å². The highest BCUT2D eigenvalue weighted by molar-refractivity contribution is 6.31. The first kappa shape index (κ1) is 16.8. The average molecular weight is 299 g/mol. The number of carbonyl (C=O) groups is 1. The van der Waals surface area contributed by atoms with Crippen molar-refractivity contribution >= 4 is 17.7 Å². The number of nitrogens with one attached hydrogen (secondary N) is 2. The molecule has 1 rings (SSSR count). The van der Waals surface area contributed by atoms with Crippen LogP contribution in [0.25, 0.3) is 0 Å². The summed E-state index contributed by atoms with van der Waals surface area (Å²) in [6.45, 7) is 7.58. The maximum atomic E-state index is 11.4. The summed E-state index contributed by atoms with van der Waals surface area (Å²) in [5, 5.41) is 6.74. The zero-order valence-electron chi connectivity index (χ0n) is 12.3. The van der Waals surface area contributed by atoms with E-state index in [4.69, 9.17) is 16.3 Å². The Bertz CT molecular complexity index is 430. The molecule has 0 fully saturated rings. The van der Waals surface area contributed by atoms with Crippen LogP contribution in [0.2, 0.25) is 5.02 Å². The minimum atomic E-state index is -0.457. The molecule has 1 aromatic rings. The summed E-state index contributed by atoms with van der Waals surface area (Å²) < 4.78 is 5.13. The normalized spacial score (nSPS) is 11.2. The van der Waals surface area contributed by atoms with Crippen LogP contribution >= 0.6 is 11.6 Å². The van der Waals surface area contributed by atoms with Gasteiger partial charge >= 0.3 is 6.09 Å². The van der Waals surface area contributed by atoms with Gasteiger partial charge in [-0.3, -0.25) is 0 Å². The van der Waals surface area contributed by atoms with Crippen molar-refractivity contribution in [3.8, 4) is 0 Å². The van der Waals surface area contributed by atoms with E-state index >= 15 is 0 Å². The van der Waals surface area contributed by atoms with Gasteiger partial charge in [0, 0.05) is 18.1 Å². The predicted octanol–water partition coefficient (Wildman–Crippen LogP) is 3.00. The average Bonchev–Trinajstić information content (AvgIpc) is 2.33. The first-order chi connectivity index (χ1) is 9.38. The van der Waals surface area contributed by atoms with Crippen molar-refractivity contribution in [3.05, 3.63) is 34.9 Å². The Morgan fingerprint density at radius 3 is 2.55 bits per heavy atom. The number of carbonyl (C=O) groups excluding carboxylic acids is 1. The van der Waals surface area contributed by atoms with Gasteiger partial charge in [-0.2, -0.15) is 0 Å². The van der Waals surface area contributed by atoms with Crippen molar-refractivity contribution in [2.24, 2.45) is 0 Å². The molecule has 0 radical (unpaired) electrons. The van der Waals surface area contributed by atoms with Crippen molar-refractivity contribution in [2.75, 3.05) is 19.6 Å². The molecule has 2 N–H and O–H groups in total. The summed E-state index contributed by atoms with van der Waals surface area (Å²) in [6, 6.07) is 7.80. The number of hydrogen-bond acceptors (Lipinski definition) is 3. The van der Waals surface area contributed by atoms with Crippen LogP contribution in [0, 0.1) is 0 Å². The van der Waals surface area contributed by atoms with E-state index in [9.17, 15) is 4.79 Å². The molecule has 0 aliphatic rings. The van der Waals surface area contributed by atoms with Crippen LogP contribution in [0.4, 0.5) is 4.79 Å². The second-order valence-electron chi connectivity index (χ2n) is 5.52. The molecule has 0 bridgehead atoms. The number of ether oxygens (including phenoxy) is 1. The van der Waals surface area contributed by atoms with Crippen LogP contribution < -0.4 is 10.6 Å². The first-order valence-electron chi connectivity index (χ1n) is 6.79. The summed E-state index contributed by atoms with van der Waals surface area (Å²) in [4.78, 5) is 11.4. The number of amides is 1. The van der Waals surface area contributed by atoms with E-state index in [0.717, 1.165) is 23.6 Å². The van der Waals surface area contributed by atoms with Gasteiger partial charge in [0.2, 0.25) is 0 Å². The van der Waals surface area contributed by atoms with Gasteiger partial charge in [0.15, 0.2) is 0 Å². The van der Waals surface area contributed by atoms with E-state index in [-0.39, 0.29) is 6.09 Å². The van der Waals surface area contributed by atoms with E-state index in [1.54, 1.807) is 0 Å². The molecule has 0 saturated carbocycles. The maximum Gasteiger partial charge on any atom is 0.407 e. The predicted molar refractivity (Wildman–Crippen MR) is 82.3 cm³/mol. The minimum Gasteiger partial charge on any atom is -0.444 e. The standard InChI is InChI=1S/C15H23ClN2O2/c1-15(2,3)20-14(19)18-11-10-17-9-8-12-6-4-5-7-13(12)16/h4-7,17H,8-11H2,1-3H3,(H,18,19). The zero-order valence-corrected chi connectivity index (χ0v) is 13.1. The molecule has 0 spiro atoms. The largest absolute Gasteiger partial charge is 0.444 e. The topological polar surface area (TPSA) is 50.4 Å². The fourth-order valence-electron chi connectivity index (χ4n) is 1.62. The Hall–Kier alpha value is -1.26. The monoisotopic (exact) mass is 298 g/mol. The molecule has 1 amide bonds. The number of rotatable bonds is 6. The SMILES string of the molecule is CC(C)(C)OC(=O)NCCNCCc1ccccc1Cl. The maximum absolute atomic E-state index is 11.4. The highest BCUT2D eigenvalue weighted by atomic mass is 35.5. The second-order valence-corrected chi connectivity index (χ2v) is 5.93. The van der Waals surface area contributed by atoms with Crippen LogP contribution in [-0.4, -0.2) is 31.3 Å². The first-order valence-corrected chi connectivity index (χ1v) is 7.17. The van der Waals surface area contributed by atoms with Crippen LogP contribution in [0.15, 0.2) is 24.3 Å². The van der Waals surface area contributed by atoms with Gasteiger partial charge < -0.3 is 15.4 Å². The molecule has 4 nitrogen and oxygen atoms in total. The number of alkyl carbamates (subject to hydrolysis) is 1. The Balaban J connectivity index is 2.08. The van der Waals surface area contributed by atoms with Crippen molar-refractivity contribution in [2.45, 2.75) is 32.8 Å². The van der Waals surface area contributed by atoms with Gasteiger partial charge in [0.25, 0.3) is 0 Å².